The topological polar surface area (TPSA) is 17.8 Å². The van der Waals surface area contributed by atoms with E-state index in [0.29, 0.717) is 5.15 Å². The molecule has 0 N–H and O–H groups in total. The van der Waals surface area contributed by atoms with Crippen LogP contribution in [0.25, 0.3) is 21.8 Å². The maximum absolute atomic E-state index is 6.00. The van der Waals surface area contributed by atoms with Crippen LogP contribution in [-0.4, -0.2) is 9.55 Å². The van der Waals surface area contributed by atoms with Gasteiger partial charge in [0.05, 0.1) is 0 Å². The van der Waals surface area contributed by atoms with E-state index in [4.69, 9.17) is 11.6 Å². The molecule has 0 aliphatic heterocycles. The first-order valence-electron chi connectivity index (χ1n) is 6.89. The van der Waals surface area contributed by atoms with Crippen LogP contribution in [-0.2, 0) is 6.54 Å². The number of hydrogen-bond donors (Lipinski definition) is 0. The van der Waals surface area contributed by atoms with E-state index in [9.17, 15) is 0 Å². The van der Waals surface area contributed by atoms with Crippen LogP contribution in [0.1, 0.15) is 5.56 Å². The van der Waals surface area contributed by atoms with Crippen LogP contribution >= 0.6 is 11.6 Å². The molecule has 3 heteroatoms. The summed E-state index contributed by atoms with van der Waals surface area (Å²) >= 11 is 6.00. The summed E-state index contributed by atoms with van der Waals surface area (Å²) in [7, 11) is 0. The van der Waals surface area contributed by atoms with Gasteiger partial charge in [-0.15, -0.1) is 0 Å². The Morgan fingerprint density at radius 1 is 0.857 bits per heavy atom. The third-order valence-electron chi connectivity index (χ3n) is 3.81. The number of aromatic nitrogens is 2. The molecule has 0 saturated heterocycles. The first kappa shape index (κ1) is 12.4. The zero-order chi connectivity index (χ0) is 14.2. The number of fused-ring (bicyclic) bond motifs is 3. The van der Waals surface area contributed by atoms with Gasteiger partial charge in [0.1, 0.15) is 5.15 Å². The predicted octanol–water partition coefficient (Wildman–Crippen LogP) is 4.89. The third kappa shape index (κ3) is 2.08. The molecule has 0 atom stereocenters. The zero-order valence-corrected chi connectivity index (χ0v) is 12.1. The van der Waals surface area contributed by atoms with Crippen LogP contribution in [0.15, 0.2) is 66.9 Å². The maximum Gasteiger partial charge on any atom is 0.129 e. The minimum atomic E-state index is 0.535. The van der Waals surface area contributed by atoms with E-state index in [2.05, 4.69) is 58.1 Å². The summed E-state index contributed by atoms with van der Waals surface area (Å²) in [6, 6.07) is 20.9. The number of para-hydroxylation sites is 2. The van der Waals surface area contributed by atoms with Crippen molar-refractivity contribution in [3.63, 3.8) is 0 Å². The van der Waals surface area contributed by atoms with Gasteiger partial charge in [-0.1, -0.05) is 48.0 Å². The van der Waals surface area contributed by atoms with E-state index in [-0.39, 0.29) is 0 Å². The molecule has 0 aliphatic rings. The molecule has 0 aliphatic carbocycles. The molecule has 2 nitrogen and oxygen atoms in total. The Hall–Kier alpha value is -2.32. The molecule has 0 saturated carbocycles. The Balaban J connectivity index is 1.97. The lowest BCUT2D eigenvalue weighted by Gasteiger charge is -2.07. The van der Waals surface area contributed by atoms with Crippen LogP contribution < -0.4 is 0 Å². The van der Waals surface area contributed by atoms with Gasteiger partial charge in [0.2, 0.25) is 0 Å². The highest BCUT2D eigenvalue weighted by Gasteiger charge is 2.09. The Bertz CT molecular complexity index is 887. The number of benzene rings is 2. The van der Waals surface area contributed by atoms with Crippen molar-refractivity contribution in [1.82, 2.24) is 9.55 Å². The summed E-state index contributed by atoms with van der Waals surface area (Å²) in [5.41, 5.74) is 3.64. The number of rotatable bonds is 2. The second-order valence-electron chi connectivity index (χ2n) is 5.11. The molecule has 2 heterocycles. The van der Waals surface area contributed by atoms with Gasteiger partial charge in [-0.05, 0) is 29.8 Å². The summed E-state index contributed by atoms with van der Waals surface area (Å²) < 4.78 is 2.33. The fourth-order valence-electron chi connectivity index (χ4n) is 2.90. The van der Waals surface area contributed by atoms with Crippen molar-refractivity contribution in [3.8, 4) is 0 Å². The number of pyridine rings is 1. The lowest BCUT2D eigenvalue weighted by Crippen LogP contribution is -1.99. The van der Waals surface area contributed by atoms with Crippen LogP contribution in [0.5, 0.6) is 0 Å². The number of halogens is 1. The van der Waals surface area contributed by atoms with Crippen molar-refractivity contribution in [3.05, 3.63) is 77.6 Å². The predicted molar refractivity (Wildman–Crippen MR) is 87.8 cm³/mol. The monoisotopic (exact) mass is 292 g/mol. The smallest absolute Gasteiger partial charge is 0.129 e. The van der Waals surface area contributed by atoms with E-state index >= 15 is 0 Å². The van der Waals surface area contributed by atoms with Crippen molar-refractivity contribution in [2.45, 2.75) is 6.54 Å². The summed E-state index contributed by atoms with van der Waals surface area (Å²) in [5, 5.41) is 3.11. The maximum atomic E-state index is 6.00. The molecule has 102 valence electrons. The molecule has 2 aromatic heterocycles. The molecule has 0 radical (unpaired) electrons. The van der Waals surface area contributed by atoms with Gasteiger partial charge in [0.15, 0.2) is 0 Å². The van der Waals surface area contributed by atoms with E-state index in [0.717, 1.165) is 12.1 Å². The lowest BCUT2D eigenvalue weighted by atomic mass is 10.2. The molecule has 0 unspecified atom stereocenters. The van der Waals surface area contributed by atoms with E-state index in [1.807, 2.05) is 12.1 Å². The van der Waals surface area contributed by atoms with Crippen molar-refractivity contribution >= 4 is 33.4 Å². The lowest BCUT2D eigenvalue weighted by molar-refractivity contribution is 0.866. The average molecular weight is 293 g/mol. The molecule has 0 bridgehead atoms. The van der Waals surface area contributed by atoms with E-state index in [1.165, 1.54) is 21.8 Å². The van der Waals surface area contributed by atoms with Crippen molar-refractivity contribution < 1.29 is 0 Å². The Morgan fingerprint density at radius 2 is 1.48 bits per heavy atom. The van der Waals surface area contributed by atoms with Crippen molar-refractivity contribution in [2.75, 3.05) is 0 Å². The van der Waals surface area contributed by atoms with Gasteiger partial charge >= 0.3 is 0 Å². The highest BCUT2D eigenvalue weighted by Crippen LogP contribution is 2.29. The molecule has 0 amide bonds. The van der Waals surface area contributed by atoms with Crippen molar-refractivity contribution in [1.29, 1.82) is 0 Å². The largest absolute Gasteiger partial charge is 0.336 e. The fourth-order valence-corrected chi connectivity index (χ4v) is 3.09. The quantitative estimate of drug-likeness (QED) is 0.481. The van der Waals surface area contributed by atoms with Crippen LogP contribution in [0.3, 0.4) is 0 Å². The van der Waals surface area contributed by atoms with Crippen LogP contribution in [0, 0.1) is 0 Å². The first-order chi connectivity index (χ1) is 10.3. The normalized spacial score (nSPS) is 11.3. The third-order valence-corrected chi connectivity index (χ3v) is 4.02. The second kappa shape index (κ2) is 4.90. The SMILES string of the molecule is Clc1cc(Cn2c3ccccc3c3ccccc32)ccn1. The molecule has 0 spiro atoms. The summed E-state index contributed by atoms with van der Waals surface area (Å²) in [4.78, 5) is 4.05. The van der Waals surface area contributed by atoms with Gasteiger partial charge < -0.3 is 4.57 Å². The average Bonchev–Trinajstić information content (AvgIpc) is 2.83. The first-order valence-corrected chi connectivity index (χ1v) is 7.27. The van der Waals surface area contributed by atoms with Crippen molar-refractivity contribution in [2.24, 2.45) is 0 Å². The van der Waals surface area contributed by atoms with Crippen LogP contribution in [0.4, 0.5) is 0 Å². The minimum Gasteiger partial charge on any atom is -0.336 e. The Morgan fingerprint density at radius 3 is 2.10 bits per heavy atom. The zero-order valence-electron chi connectivity index (χ0n) is 11.3. The molecular formula is C18H13ClN2. The van der Waals surface area contributed by atoms with E-state index in [1.54, 1.807) is 6.20 Å². The molecule has 4 aromatic rings. The summed E-state index contributed by atoms with van der Waals surface area (Å²) in [6.45, 7) is 0.788. The van der Waals surface area contributed by atoms with Gasteiger partial charge in [-0.25, -0.2) is 4.98 Å². The van der Waals surface area contributed by atoms with Crippen LogP contribution in [0.2, 0.25) is 5.15 Å². The Labute approximate surface area is 127 Å². The van der Waals surface area contributed by atoms with Gasteiger partial charge in [0.25, 0.3) is 0 Å². The van der Waals surface area contributed by atoms with Gasteiger partial charge in [-0.3, -0.25) is 0 Å². The minimum absolute atomic E-state index is 0.535. The number of nitrogens with zero attached hydrogens (tertiary/aromatic N) is 2. The molecule has 2 aromatic carbocycles. The highest BCUT2D eigenvalue weighted by atomic mass is 35.5. The molecular weight excluding hydrogens is 280 g/mol. The fraction of sp³-hybridized carbons (Fsp3) is 0.0556. The van der Waals surface area contributed by atoms with Gasteiger partial charge in [-0.2, -0.15) is 0 Å². The highest BCUT2D eigenvalue weighted by molar-refractivity contribution is 6.29. The van der Waals surface area contributed by atoms with Gasteiger partial charge in [0, 0.05) is 34.5 Å². The second-order valence-corrected chi connectivity index (χ2v) is 5.49. The Kier molecular flexibility index (Phi) is 2.90. The molecule has 4 rings (SSSR count). The summed E-state index contributed by atoms with van der Waals surface area (Å²) in [6.07, 6.45) is 1.76. The molecule has 0 fully saturated rings. The molecule has 21 heavy (non-hydrogen) atoms. The van der Waals surface area contributed by atoms with E-state index < -0.39 is 0 Å². The summed E-state index contributed by atoms with van der Waals surface area (Å²) in [5.74, 6) is 0. The standard InChI is InChI=1S/C18H13ClN2/c19-18-11-13(9-10-20-18)12-21-16-7-3-1-5-14(16)15-6-2-4-8-17(15)21/h1-11H,12H2. The number of hydrogen-bond acceptors (Lipinski definition) is 1.